The van der Waals surface area contributed by atoms with Gasteiger partial charge in [-0.1, -0.05) is 220 Å². The Morgan fingerprint density at radius 2 is 0.910 bits per heavy atom. The molecule has 3 unspecified atom stereocenters. The van der Waals surface area contributed by atoms with E-state index in [0.29, 0.717) is 17.4 Å². The molecule has 0 rings (SSSR count). The summed E-state index contributed by atoms with van der Waals surface area (Å²) in [6.07, 6.45) is 69.5. The third-order valence-corrected chi connectivity index (χ3v) is 12.5. The Bertz CT molecular complexity index is 1410. The molecule has 0 aliphatic rings. The average molecular weight is 956 g/mol. The number of quaternary nitrogens is 1. The monoisotopic (exact) mass is 956 g/mol. The van der Waals surface area contributed by atoms with Gasteiger partial charge in [-0.2, -0.15) is 0 Å². The number of allylic oxidation sites excluding steroid dienone is 15. The molecule has 1 amide bonds. The Labute approximate surface area is 413 Å². The minimum absolute atomic E-state index is 0.0529. The number of nitrogens with zero attached hydrogens (tertiary/aromatic N) is 1. The number of hydrogen-bond acceptors (Lipinski definition) is 5. The van der Waals surface area contributed by atoms with Crippen LogP contribution in [0.15, 0.2) is 97.2 Å². The molecule has 0 saturated heterocycles. The molecule has 0 fully saturated rings. The predicted molar refractivity (Wildman–Crippen MR) is 290 cm³/mol. The zero-order valence-electron chi connectivity index (χ0n) is 43.9. The third-order valence-electron chi connectivity index (χ3n) is 11.5. The second kappa shape index (κ2) is 48.4. The molecule has 0 heterocycles. The Kier molecular flexibility index (Phi) is 46.6. The molecule has 8 nitrogen and oxygen atoms in total. The maximum Gasteiger partial charge on any atom is 0.472 e. The van der Waals surface area contributed by atoms with Crippen LogP contribution >= 0.6 is 7.82 Å². The molecule has 0 aliphatic carbocycles. The summed E-state index contributed by atoms with van der Waals surface area (Å²) in [6.45, 7) is 4.63. The van der Waals surface area contributed by atoms with Gasteiger partial charge in [-0.15, -0.1) is 0 Å². The lowest BCUT2D eigenvalue weighted by atomic mass is 10.0. The summed E-state index contributed by atoms with van der Waals surface area (Å²) < 4.78 is 23.6. The summed E-state index contributed by atoms with van der Waals surface area (Å²) in [5, 5.41) is 13.8. The Hall–Kier alpha value is -2.58. The van der Waals surface area contributed by atoms with Crippen molar-refractivity contribution in [1.29, 1.82) is 0 Å². The van der Waals surface area contributed by atoms with Crippen molar-refractivity contribution in [3.63, 3.8) is 0 Å². The molecule has 9 heteroatoms. The number of carbonyl (C=O) groups is 1. The van der Waals surface area contributed by atoms with Gasteiger partial charge in [0.05, 0.1) is 39.9 Å². The van der Waals surface area contributed by atoms with Crippen LogP contribution in [0.1, 0.15) is 213 Å². The predicted octanol–water partition coefficient (Wildman–Crippen LogP) is 16.3. The maximum atomic E-state index is 12.9. The van der Waals surface area contributed by atoms with Crippen LogP contribution in [0.5, 0.6) is 0 Å². The molecule has 0 aromatic carbocycles. The molecular formula is C58H104N2O6P+. The van der Waals surface area contributed by atoms with Gasteiger partial charge in [0.1, 0.15) is 13.2 Å². The van der Waals surface area contributed by atoms with Crippen LogP contribution in [0.3, 0.4) is 0 Å². The molecule has 0 spiro atoms. The Balaban J connectivity index is 4.01. The molecule has 67 heavy (non-hydrogen) atoms. The molecule has 386 valence electrons. The quantitative estimate of drug-likeness (QED) is 0.0243. The van der Waals surface area contributed by atoms with E-state index in [0.717, 1.165) is 77.0 Å². The average Bonchev–Trinajstić information content (AvgIpc) is 3.29. The van der Waals surface area contributed by atoms with E-state index in [9.17, 15) is 19.4 Å². The van der Waals surface area contributed by atoms with E-state index in [1.54, 1.807) is 6.08 Å². The number of carbonyl (C=O) groups excluding carboxylic acids is 1. The van der Waals surface area contributed by atoms with Crippen molar-refractivity contribution in [3.8, 4) is 0 Å². The van der Waals surface area contributed by atoms with Crippen LogP contribution in [0, 0.1) is 0 Å². The van der Waals surface area contributed by atoms with Gasteiger partial charge in [-0.25, -0.2) is 4.57 Å². The number of amides is 1. The molecule has 0 bridgehead atoms. The highest BCUT2D eigenvalue weighted by molar-refractivity contribution is 7.47. The second-order valence-corrected chi connectivity index (χ2v) is 20.7. The summed E-state index contributed by atoms with van der Waals surface area (Å²) in [4.78, 5) is 23.2. The van der Waals surface area contributed by atoms with Crippen molar-refractivity contribution >= 4 is 13.7 Å². The van der Waals surface area contributed by atoms with Gasteiger partial charge >= 0.3 is 7.82 Å². The molecule has 3 atom stereocenters. The van der Waals surface area contributed by atoms with E-state index < -0.39 is 20.0 Å². The highest BCUT2D eigenvalue weighted by Gasteiger charge is 2.27. The lowest BCUT2D eigenvalue weighted by Gasteiger charge is -2.25. The minimum Gasteiger partial charge on any atom is -0.387 e. The van der Waals surface area contributed by atoms with E-state index in [2.05, 4.69) is 104 Å². The van der Waals surface area contributed by atoms with Crippen molar-refractivity contribution < 1.29 is 32.9 Å². The van der Waals surface area contributed by atoms with Crippen LogP contribution in [-0.4, -0.2) is 73.4 Å². The van der Waals surface area contributed by atoms with E-state index in [1.165, 1.54) is 116 Å². The topological polar surface area (TPSA) is 105 Å². The second-order valence-electron chi connectivity index (χ2n) is 19.2. The maximum absolute atomic E-state index is 12.9. The van der Waals surface area contributed by atoms with Crippen molar-refractivity contribution in [2.24, 2.45) is 0 Å². The van der Waals surface area contributed by atoms with E-state index >= 15 is 0 Å². The van der Waals surface area contributed by atoms with Crippen LogP contribution in [0.25, 0.3) is 0 Å². The van der Waals surface area contributed by atoms with Gasteiger partial charge in [0.25, 0.3) is 0 Å². The largest absolute Gasteiger partial charge is 0.472 e. The van der Waals surface area contributed by atoms with Gasteiger partial charge in [0, 0.05) is 6.42 Å². The van der Waals surface area contributed by atoms with E-state index in [-0.39, 0.29) is 19.1 Å². The molecule has 0 aromatic heterocycles. The fourth-order valence-corrected chi connectivity index (χ4v) is 8.03. The minimum atomic E-state index is -4.35. The molecule has 0 aliphatic heterocycles. The number of likely N-dealkylation sites (N-methyl/N-ethyl adjacent to an activating group) is 1. The van der Waals surface area contributed by atoms with Crippen LogP contribution in [-0.2, 0) is 18.4 Å². The summed E-state index contributed by atoms with van der Waals surface area (Å²) in [7, 11) is 1.54. The number of rotatable bonds is 48. The highest BCUT2D eigenvalue weighted by atomic mass is 31.2. The Morgan fingerprint density at radius 3 is 1.37 bits per heavy atom. The van der Waals surface area contributed by atoms with Gasteiger partial charge < -0.3 is 19.8 Å². The first-order valence-corrected chi connectivity index (χ1v) is 28.6. The molecule has 3 N–H and O–H groups in total. The van der Waals surface area contributed by atoms with E-state index in [4.69, 9.17) is 9.05 Å². The summed E-state index contributed by atoms with van der Waals surface area (Å²) in [5.41, 5.74) is 0. The normalized spacial score (nSPS) is 14.8. The molecule has 0 aromatic rings. The van der Waals surface area contributed by atoms with Gasteiger partial charge in [0.2, 0.25) is 5.91 Å². The first-order chi connectivity index (χ1) is 32.5. The zero-order chi connectivity index (χ0) is 49.2. The molecular weight excluding hydrogens is 852 g/mol. The van der Waals surface area contributed by atoms with Crippen LogP contribution < -0.4 is 5.32 Å². The van der Waals surface area contributed by atoms with Gasteiger partial charge in [-0.3, -0.25) is 13.8 Å². The lowest BCUT2D eigenvalue weighted by molar-refractivity contribution is -0.870. The number of phosphoric ester groups is 1. The van der Waals surface area contributed by atoms with Crippen LogP contribution in [0.2, 0.25) is 0 Å². The van der Waals surface area contributed by atoms with E-state index in [1.807, 2.05) is 27.2 Å². The number of aliphatic hydroxyl groups is 1. The number of nitrogens with one attached hydrogen (secondary N) is 1. The summed E-state index contributed by atoms with van der Waals surface area (Å²) in [5.74, 6) is -0.192. The first-order valence-electron chi connectivity index (χ1n) is 27.1. The first kappa shape index (κ1) is 64.4. The summed E-state index contributed by atoms with van der Waals surface area (Å²) >= 11 is 0. The van der Waals surface area contributed by atoms with Crippen molar-refractivity contribution in [1.82, 2.24) is 5.32 Å². The van der Waals surface area contributed by atoms with Gasteiger partial charge in [-0.05, 0) is 83.5 Å². The van der Waals surface area contributed by atoms with Crippen molar-refractivity contribution in [2.75, 3.05) is 40.9 Å². The smallest absolute Gasteiger partial charge is 0.387 e. The fourth-order valence-electron chi connectivity index (χ4n) is 7.30. The number of aliphatic hydroxyl groups excluding tert-OH is 1. The number of unbranched alkanes of at least 4 members (excludes halogenated alkanes) is 21. The fraction of sp³-hybridized carbons (Fsp3) is 0.707. The summed E-state index contributed by atoms with van der Waals surface area (Å²) in [6, 6.07) is -0.865. The molecule has 0 radical (unpaired) electrons. The third kappa shape index (κ3) is 51.1. The lowest BCUT2D eigenvalue weighted by Crippen LogP contribution is -2.45. The standard InChI is InChI=1S/C58H103N2O6P/c1-6-8-10-12-14-16-18-19-20-21-22-23-24-25-26-27-28-29-30-31-32-33-34-35-36-37-38-39-40-41-42-44-46-48-50-52-58(62)59-56(55-66-67(63,64)65-54-53-60(3,4)5)57(61)51-49-47-45-43-17-15-13-11-9-7-2/h8,10,14,16-17,19-20,22-23,25-26,28-29,43,49,51,56-57,61H,6-7,9,11-13,15,18,21,24,27,30-42,44-48,50,52-55H2,1-5H3,(H-,59,62,63,64)/p+1/b10-8-,16-14-,20-19-,23-22-,26-25-,29-28-,43-17+,51-49+. The zero-order valence-corrected chi connectivity index (χ0v) is 44.8. The van der Waals surface area contributed by atoms with Crippen molar-refractivity contribution in [3.05, 3.63) is 97.2 Å². The molecule has 0 saturated carbocycles. The highest BCUT2D eigenvalue weighted by Crippen LogP contribution is 2.43. The van der Waals surface area contributed by atoms with Crippen LogP contribution in [0.4, 0.5) is 0 Å². The Morgan fingerprint density at radius 1 is 0.522 bits per heavy atom. The number of hydrogen-bond donors (Lipinski definition) is 3. The van der Waals surface area contributed by atoms with Gasteiger partial charge in [0.15, 0.2) is 0 Å². The van der Waals surface area contributed by atoms with Crippen molar-refractivity contribution in [2.45, 2.75) is 225 Å². The SMILES string of the molecule is CC/C=C\C/C=C\C/C=C\C/C=C\C/C=C\C/C=C\CCCCCCCCCCCCCCCCCCC(=O)NC(COP(=O)(O)OCC[N+](C)(C)C)C(O)/C=C/CC/C=C/CCCCCC. The number of phosphoric acid groups is 1.